The first-order valence-electron chi connectivity index (χ1n) is 13.5. The van der Waals surface area contributed by atoms with Gasteiger partial charge in [0.15, 0.2) is 0 Å². The molecule has 0 saturated heterocycles. The smallest absolute Gasteiger partial charge is 0.224 e. The average Bonchev–Trinajstić information content (AvgIpc) is 2.81. The van der Waals surface area contributed by atoms with Crippen molar-refractivity contribution in [2.45, 2.75) is 82.6 Å². The van der Waals surface area contributed by atoms with Crippen molar-refractivity contribution >= 4 is 5.91 Å². The van der Waals surface area contributed by atoms with E-state index in [1.807, 2.05) is 12.1 Å². The summed E-state index contributed by atoms with van der Waals surface area (Å²) in [6, 6.07) is 13.2. The van der Waals surface area contributed by atoms with Gasteiger partial charge in [0.2, 0.25) is 5.91 Å². The molecule has 4 saturated carbocycles. The van der Waals surface area contributed by atoms with Crippen LogP contribution in [0.1, 0.15) is 73.8 Å². The van der Waals surface area contributed by atoms with Crippen LogP contribution in [0.25, 0.3) is 0 Å². The lowest BCUT2D eigenvalue weighted by Crippen LogP contribution is -2.60. The summed E-state index contributed by atoms with van der Waals surface area (Å²) in [5.74, 6) is 2.63. The highest BCUT2D eigenvalue weighted by Gasteiger charge is 2.51. The van der Waals surface area contributed by atoms with Crippen molar-refractivity contribution in [1.82, 2.24) is 10.6 Å². The van der Waals surface area contributed by atoms with E-state index in [1.54, 1.807) is 12.1 Å². The van der Waals surface area contributed by atoms with Crippen LogP contribution in [0.4, 0.5) is 0 Å². The number of phenols is 1. The summed E-state index contributed by atoms with van der Waals surface area (Å²) in [4.78, 5) is 13.0. The number of hydrogen-bond donors (Lipinski definition) is 5. The molecule has 0 heterocycles. The Morgan fingerprint density at radius 3 is 2.36 bits per heavy atom. The summed E-state index contributed by atoms with van der Waals surface area (Å²) in [6.45, 7) is 2.17. The van der Waals surface area contributed by atoms with Crippen molar-refractivity contribution in [3.05, 3.63) is 64.7 Å². The normalized spacial score (nSPS) is 28.1. The number of nitrogens with one attached hydrogen (secondary N) is 2. The molecule has 6 nitrogen and oxygen atoms in total. The van der Waals surface area contributed by atoms with Gasteiger partial charge in [0.05, 0.1) is 19.1 Å². The Bertz CT molecular complexity index is 1050. The monoisotopic (exact) mass is 492 g/mol. The fourth-order valence-electron chi connectivity index (χ4n) is 7.45. The molecule has 4 bridgehead atoms. The van der Waals surface area contributed by atoms with Gasteiger partial charge < -0.3 is 26.0 Å². The van der Waals surface area contributed by atoms with Crippen LogP contribution in [-0.2, 0) is 24.2 Å². The van der Waals surface area contributed by atoms with Crippen LogP contribution in [-0.4, -0.2) is 39.4 Å². The Balaban J connectivity index is 1.12. The van der Waals surface area contributed by atoms with E-state index in [9.17, 15) is 20.1 Å². The third-order valence-electron chi connectivity index (χ3n) is 8.66. The van der Waals surface area contributed by atoms with Gasteiger partial charge in [0.1, 0.15) is 5.75 Å². The second-order valence-corrected chi connectivity index (χ2v) is 11.8. The SMILES string of the molecule is C[C@H](Cc1cccc(CC(=O)NC23CC4CC(CC(C4)C2)C3)c1)NC[C@@H](O)c1ccc(O)c(CO)c1. The molecule has 4 aliphatic carbocycles. The first-order chi connectivity index (χ1) is 17.3. The molecule has 4 fully saturated rings. The summed E-state index contributed by atoms with van der Waals surface area (Å²) in [5, 5.41) is 36.5. The fourth-order valence-corrected chi connectivity index (χ4v) is 7.45. The van der Waals surface area contributed by atoms with E-state index in [0.717, 1.165) is 35.3 Å². The number of rotatable bonds is 10. The van der Waals surface area contributed by atoms with Crippen molar-refractivity contribution < 1.29 is 20.1 Å². The molecule has 0 aromatic heterocycles. The lowest BCUT2D eigenvalue weighted by Gasteiger charge is -2.56. The lowest BCUT2D eigenvalue weighted by molar-refractivity contribution is -0.126. The number of amides is 1. The molecule has 0 spiro atoms. The molecule has 1 amide bonds. The number of aliphatic hydroxyl groups excluding tert-OH is 2. The number of benzene rings is 2. The molecule has 5 N–H and O–H groups in total. The van der Waals surface area contributed by atoms with Crippen LogP contribution >= 0.6 is 0 Å². The molecule has 6 heteroatoms. The Morgan fingerprint density at radius 2 is 1.69 bits per heavy atom. The summed E-state index contributed by atoms with van der Waals surface area (Å²) in [7, 11) is 0. The summed E-state index contributed by atoms with van der Waals surface area (Å²) in [5.41, 5.74) is 3.32. The summed E-state index contributed by atoms with van der Waals surface area (Å²) >= 11 is 0. The van der Waals surface area contributed by atoms with E-state index >= 15 is 0 Å². The van der Waals surface area contributed by atoms with Crippen LogP contribution < -0.4 is 10.6 Å². The topological polar surface area (TPSA) is 102 Å². The number of carbonyl (C=O) groups is 1. The predicted molar refractivity (Wildman–Crippen MR) is 139 cm³/mol. The second-order valence-electron chi connectivity index (χ2n) is 11.8. The summed E-state index contributed by atoms with van der Waals surface area (Å²) < 4.78 is 0. The van der Waals surface area contributed by atoms with E-state index in [0.29, 0.717) is 24.1 Å². The van der Waals surface area contributed by atoms with Crippen molar-refractivity contribution in [2.75, 3.05) is 6.54 Å². The number of aliphatic hydroxyl groups is 2. The van der Waals surface area contributed by atoms with Crippen LogP contribution in [0.2, 0.25) is 0 Å². The predicted octanol–water partition coefficient (Wildman–Crippen LogP) is 3.77. The molecular formula is C30H40N2O4. The third-order valence-corrected chi connectivity index (χ3v) is 8.66. The first kappa shape index (κ1) is 25.2. The highest BCUT2D eigenvalue weighted by molar-refractivity contribution is 5.79. The van der Waals surface area contributed by atoms with Gasteiger partial charge >= 0.3 is 0 Å². The molecule has 0 aliphatic heterocycles. The van der Waals surface area contributed by atoms with E-state index in [2.05, 4.69) is 29.7 Å². The zero-order valence-electron chi connectivity index (χ0n) is 21.2. The van der Waals surface area contributed by atoms with Crippen LogP contribution in [0.3, 0.4) is 0 Å². The first-order valence-corrected chi connectivity index (χ1v) is 13.5. The van der Waals surface area contributed by atoms with Gasteiger partial charge in [-0.25, -0.2) is 0 Å². The maximum absolute atomic E-state index is 13.0. The van der Waals surface area contributed by atoms with Gasteiger partial charge in [-0.2, -0.15) is 0 Å². The molecule has 4 aliphatic rings. The van der Waals surface area contributed by atoms with E-state index in [-0.39, 0.29) is 29.8 Å². The van der Waals surface area contributed by atoms with Gasteiger partial charge in [-0.1, -0.05) is 30.3 Å². The molecular weight excluding hydrogens is 452 g/mol. The number of carbonyl (C=O) groups excluding carboxylic acids is 1. The Kier molecular flexibility index (Phi) is 7.38. The number of hydrogen-bond acceptors (Lipinski definition) is 5. The molecule has 2 atom stereocenters. The van der Waals surface area contributed by atoms with Gasteiger partial charge in [-0.3, -0.25) is 4.79 Å². The quantitative estimate of drug-likeness (QED) is 0.348. The maximum Gasteiger partial charge on any atom is 0.224 e. The Hall–Kier alpha value is -2.41. The minimum Gasteiger partial charge on any atom is -0.508 e. The molecule has 194 valence electrons. The van der Waals surface area contributed by atoms with Crippen LogP contribution in [0.15, 0.2) is 42.5 Å². The fraction of sp³-hybridized carbons (Fsp3) is 0.567. The third kappa shape index (κ3) is 5.77. The van der Waals surface area contributed by atoms with Crippen LogP contribution in [0, 0.1) is 17.8 Å². The molecule has 0 unspecified atom stereocenters. The highest BCUT2D eigenvalue weighted by atomic mass is 16.3. The largest absolute Gasteiger partial charge is 0.508 e. The van der Waals surface area contributed by atoms with Gasteiger partial charge in [-0.15, -0.1) is 0 Å². The standard InChI is InChI=1S/C30H40N2O4/c1-19(31-17-28(35)25-5-6-27(34)26(13-25)18-33)7-20-3-2-4-21(8-20)12-29(36)32-30-14-22-9-23(15-30)11-24(10-22)16-30/h2-6,8,13,19,22-24,28,31,33-35H,7,9-12,14-18H2,1H3,(H,32,36)/t19-,22?,23?,24?,28-,30?/m1/s1. The minimum atomic E-state index is -0.738. The summed E-state index contributed by atoms with van der Waals surface area (Å²) in [6.07, 6.45) is 8.11. The Labute approximate surface area is 214 Å². The van der Waals surface area contributed by atoms with Crippen molar-refractivity contribution in [2.24, 2.45) is 17.8 Å². The molecule has 2 aromatic rings. The zero-order chi connectivity index (χ0) is 25.3. The molecule has 36 heavy (non-hydrogen) atoms. The highest BCUT2D eigenvalue weighted by Crippen LogP contribution is 2.55. The maximum atomic E-state index is 13.0. The second kappa shape index (κ2) is 10.5. The van der Waals surface area contributed by atoms with Gasteiger partial charge in [0, 0.05) is 23.7 Å². The minimum absolute atomic E-state index is 0.0290. The molecule has 0 radical (unpaired) electrons. The molecule has 2 aromatic carbocycles. The lowest BCUT2D eigenvalue weighted by atomic mass is 9.53. The average molecular weight is 493 g/mol. The van der Waals surface area contributed by atoms with Crippen molar-refractivity contribution in [1.29, 1.82) is 0 Å². The molecule has 6 rings (SSSR count). The van der Waals surface area contributed by atoms with E-state index in [1.165, 1.54) is 44.6 Å². The number of aromatic hydroxyl groups is 1. The van der Waals surface area contributed by atoms with Gasteiger partial charge in [0.25, 0.3) is 0 Å². The van der Waals surface area contributed by atoms with Crippen molar-refractivity contribution in [3.8, 4) is 5.75 Å². The van der Waals surface area contributed by atoms with Gasteiger partial charge in [-0.05, 0) is 98.4 Å². The zero-order valence-corrected chi connectivity index (χ0v) is 21.2. The van der Waals surface area contributed by atoms with E-state index < -0.39 is 6.10 Å². The van der Waals surface area contributed by atoms with Crippen LogP contribution in [0.5, 0.6) is 5.75 Å². The Morgan fingerprint density at radius 1 is 1.03 bits per heavy atom. The van der Waals surface area contributed by atoms with Crippen molar-refractivity contribution in [3.63, 3.8) is 0 Å². The van der Waals surface area contributed by atoms with E-state index in [4.69, 9.17) is 0 Å².